The van der Waals surface area contributed by atoms with Crippen LogP contribution >= 0.6 is 0 Å². The Morgan fingerprint density at radius 1 is 1.42 bits per heavy atom. The second-order valence-corrected chi connectivity index (χ2v) is 4.31. The van der Waals surface area contributed by atoms with E-state index in [1.54, 1.807) is 0 Å². The number of hydrogen-bond donors (Lipinski definition) is 2. The lowest BCUT2D eigenvalue weighted by molar-refractivity contribution is -0.146. The highest BCUT2D eigenvalue weighted by Gasteiger charge is 2.31. The third kappa shape index (κ3) is 3.05. The number of rotatable bonds is 3. The molecular formula is C12H12F2N2O3. The summed E-state index contributed by atoms with van der Waals surface area (Å²) < 4.78 is 25.9. The molecule has 0 spiro atoms. The number of nitrogens with one attached hydrogen (secondary N) is 1. The molecule has 1 fully saturated rings. The highest BCUT2D eigenvalue weighted by molar-refractivity contribution is 5.83. The zero-order chi connectivity index (χ0) is 14.0. The van der Waals surface area contributed by atoms with E-state index in [0.29, 0.717) is 5.56 Å². The first-order valence-electron chi connectivity index (χ1n) is 5.65. The van der Waals surface area contributed by atoms with Crippen LogP contribution in [0.2, 0.25) is 0 Å². The molecule has 1 aliphatic rings. The standard InChI is InChI=1S/C12H12F2N2O3/c13-8-2-1-7(3-9(8)14)5-16-6-11(17)15-4-10(16)12(18)19/h1-3,10H,4-6H2,(H,15,17)(H,18,19). The summed E-state index contributed by atoms with van der Waals surface area (Å²) in [6, 6.07) is 2.47. The molecule has 1 saturated heterocycles. The number of nitrogens with zero attached hydrogens (tertiary/aromatic N) is 1. The van der Waals surface area contributed by atoms with Crippen molar-refractivity contribution >= 4 is 11.9 Å². The van der Waals surface area contributed by atoms with Crippen LogP contribution in [0.4, 0.5) is 8.78 Å². The Balaban J connectivity index is 2.16. The predicted octanol–water partition coefficient (Wildman–Crippen LogP) is 0.350. The maximum Gasteiger partial charge on any atom is 0.322 e. The Hall–Kier alpha value is -2.02. The summed E-state index contributed by atoms with van der Waals surface area (Å²) in [7, 11) is 0. The van der Waals surface area contributed by atoms with Gasteiger partial charge in [0.05, 0.1) is 6.54 Å². The average Bonchev–Trinajstić information content (AvgIpc) is 2.33. The first kappa shape index (κ1) is 13.4. The average molecular weight is 270 g/mol. The molecule has 102 valence electrons. The van der Waals surface area contributed by atoms with Gasteiger partial charge in [0.1, 0.15) is 6.04 Å². The number of benzene rings is 1. The predicted molar refractivity (Wildman–Crippen MR) is 61.2 cm³/mol. The largest absolute Gasteiger partial charge is 0.480 e. The van der Waals surface area contributed by atoms with Crippen LogP contribution < -0.4 is 5.32 Å². The number of amides is 1. The van der Waals surface area contributed by atoms with Crippen molar-refractivity contribution in [2.45, 2.75) is 12.6 Å². The summed E-state index contributed by atoms with van der Waals surface area (Å²) in [6.07, 6.45) is 0. The fourth-order valence-corrected chi connectivity index (χ4v) is 1.97. The van der Waals surface area contributed by atoms with Gasteiger partial charge in [0.25, 0.3) is 0 Å². The van der Waals surface area contributed by atoms with Gasteiger partial charge >= 0.3 is 5.97 Å². The number of carbonyl (C=O) groups excluding carboxylic acids is 1. The zero-order valence-electron chi connectivity index (χ0n) is 9.90. The summed E-state index contributed by atoms with van der Waals surface area (Å²) in [6.45, 7) is -0.0185. The van der Waals surface area contributed by atoms with Crippen LogP contribution in [0.5, 0.6) is 0 Å². The van der Waals surface area contributed by atoms with Gasteiger partial charge in [0.15, 0.2) is 11.6 Å². The lowest BCUT2D eigenvalue weighted by atomic mass is 10.1. The topological polar surface area (TPSA) is 69.6 Å². The smallest absolute Gasteiger partial charge is 0.322 e. The van der Waals surface area contributed by atoms with E-state index >= 15 is 0 Å². The molecule has 0 bridgehead atoms. The number of carboxylic acid groups (broad SMARTS) is 1. The molecule has 1 unspecified atom stereocenters. The summed E-state index contributed by atoms with van der Waals surface area (Å²) in [5.41, 5.74) is 0.417. The minimum Gasteiger partial charge on any atom is -0.480 e. The van der Waals surface area contributed by atoms with Gasteiger partial charge in [-0.1, -0.05) is 6.07 Å². The number of piperazine rings is 1. The summed E-state index contributed by atoms with van der Waals surface area (Å²) in [5, 5.41) is 11.5. The van der Waals surface area contributed by atoms with Gasteiger partial charge in [-0.3, -0.25) is 14.5 Å². The number of aliphatic carboxylic acids is 1. The van der Waals surface area contributed by atoms with E-state index in [-0.39, 0.29) is 25.5 Å². The Labute approximate surface area is 107 Å². The monoisotopic (exact) mass is 270 g/mol. The van der Waals surface area contributed by atoms with E-state index < -0.39 is 23.6 Å². The lowest BCUT2D eigenvalue weighted by Gasteiger charge is -2.32. The van der Waals surface area contributed by atoms with Crippen molar-refractivity contribution < 1.29 is 23.5 Å². The first-order valence-corrected chi connectivity index (χ1v) is 5.65. The summed E-state index contributed by atoms with van der Waals surface area (Å²) in [5.74, 6) is -3.32. The van der Waals surface area contributed by atoms with Crippen LogP contribution in [0.15, 0.2) is 18.2 Å². The van der Waals surface area contributed by atoms with Gasteiger partial charge in [0.2, 0.25) is 5.91 Å². The zero-order valence-corrected chi connectivity index (χ0v) is 9.90. The lowest BCUT2D eigenvalue weighted by Crippen LogP contribution is -2.56. The second-order valence-electron chi connectivity index (χ2n) is 4.31. The van der Waals surface area contributed by atoms with Gasteiger partial charge in [-0.25, -0.2) is 8.78 Å². The van der Waals surface area contributed by atoms with Crippen molar-refractivity contribution in [3.05, 3.63) is 35.4 Å². The van der Waals surface area contributed by atoms with Crippen LogP contribution in [0.1, 0.15) is 5.56 Å². The number of carbonyl (C=O) groups is 2. The normalized spacial score (nSPS) is 20.1. The number of hydrogen-bond acceptors (Lipinski definition) is 3. The minimum absolute atomic E-state index is 0.00214. The molecule has 1 atom stereocenters. The fourth-order valence-electron chi connectivity index (χ4n) is 1.97. The Morgan fingerprint density at radius 3 is 2.79 bits per heavy atom. The highest BCUT2D eigenvalue weighted by Crippen LogP contribution is 2.14. The van der Waals surface area contributed by atoms with Crippen LogP contribution in [0, 0.1) is 11.6 Å². The molecule has 7 heteroatoms. The van der Waals surface area contributed by atoms with Gasteiger partial charge in [-0.05, 0) is 17.7 Å². The van der Waals surface area contributed by atoms with Crippen molar-refractivity contribution in [3.63, 3.8) is 0 Å². The minimum atomic E-state index is -1.07. The third-order valence-corrected chi connectivity index (χ3v) is 2.93. The molecule has 1 aliphatic heterocycles. The first-order chi connectivity index (χ1) is 8.97. The molecule has 1 amide bonds. The SMILES string of the molecule is O=C1CN(Cc2ccc(F)c(F)c2)C(C(=O)O)CN1. The molecule has 2 N–H and O–H groups in total. The van der Waals surface area contributed by atoms with E-state index in [1.165, 1.54) is 11.0 Å². The van der Waals surface area contributed by atoms with Crippen molar-refractivity contribution in [2.75, 3.05) is 13.1 Å². The maximum atomic E-state index is 13.1. The molecular weight excluding hydrogens is 258 g/mol. The maximum absolute atomic E-state index is 13.1. The van der Waals surface area contributed by atoms with Crippen molar-refractivity contribution in [2.24, 2.45) is 0 Å². The van der Waals surface area contributed by atoms with Crippen LogP contribution in [0.3, 0.4) is 0 Å². The Bertz CT molecular complexity index is 522. The molecule has 1 aromatic rings. The molecule has 0 aliphatic carbocycles. The molecule has 2 rings (SSSR count). The van der Waals surface area contributed by atoms with E-state index in [1.807, 2.05) is 0 Å². The molecule has 5 nitrogen and oxygen atoms in total. The van der Waals surface area contributed by atoms with E-state index in [0.717, 1.165) is 12.1 Å². The van der Waals surface area contributed by atoms with Gasteiger partial charge in [0, 0.05) is 13.1 Å². The highest BCUT2D eigenvalue weighted by atomic mass is 19.2. The van der Waals surface area contributed by atoms with E-state index in [2.05, 4.69) is 5.32 Å². The molecule has 0 radical (unpaired) electrons. The van der Waals surface area contributed by atoms with Crippen LogP contribution in [-0.2, 0) is 16.1 Å². The molecule has 0 aromatic heterocycles. The van der Waals surface area contributed by atoms with Crippen molar-refractivity contribution in [3.8, 4) is 0 Å². The number of carboxylic acids is 1. The van der Waals surface area contributed by atoms with Crippen molar-refractivity contribution in [1.82, 2.24) is 10.2 Å². The number of halogens is 2. The van der Waals surface area contributed by atoms with Crippen molar-refractivity contribution in [1.29, 1.82) is 0 Å². The summed E-state index contributed by atoms with van der Waals surface area (Å²) in [4.78, 5) is 23.7. The van der Waals surface area contributed by atoms with E-state index in [9.17, 15) is 18.4 Å². The van der Waals surface area contributed by atoms with E-state index in [4.69, 9.17) is 5.11 Å². The van der Waals surface area contributed by atoms with Gasteiger partial charge < -0.3 is 10.4 Å². The molecule has 0 saturated carbocycles. The molecule has 19 heavy (non-hydrogen) atoms. The Morgan fingerprint density at radius 2 is 2.16 bits per heavy atom. The summed E-state index contributed by atoms with van der Waals surface area (Å²) >= 11 is 0. The second kappa shape index (κ2) is 5.31. The van der Waals surface area contributed by atoms with Crippen LogP contribution in [-0.4, -0.2) is 41.0 Å². The fraction of sp³-hybridized carbons (Fsp3) is 0.333. The van der Waals surface area contributed by atoms with Crippen LogP contribution in [0.25, 0.3) is 0 Å². The molecule has 1 heterocycles. The quantitative estimate of drug-likeness (QED) is 0.831. The molecule has 1 aromatic carbocycles. The van der Waals surface area contributed by atoms with Gasteiger partial charge in [-0.15, -0.1) is 0 Å². The third-order valence-electron chi connectivity index (χ3n) is 2.93. The Kier molecular flexibility index (Phi) is 3.75. The van der Waals surface area contributed by atoms with Gasteiger partial charge in [-0.2, -0.15) is 0 Å².